The molecular formula is C35H43F2N5O4. The second-order valence-electron chi connectivity index (χ2n) is 12.6. The van der Waals surface area contributed by atoms with Crippen molar-refractivity contribution in [3.63, 3.8) is 0 Å². The Labute approximate surface area is 268 Å². The van der Waals surface area contributed by atoms with Crippen LogP contribution in [0.25, 0.3) is 11.1 Å². The molecule has 0 radical (unpaired) electrons. The predicted octanol–water partition coefficient (Wildman–Crippen LogP) is 6.25. The van der Waals surface area contributed by atoms with Gasteiger partial charge in [0, 0.05) is 30.4 Å². The molecule has 2 N–H and O–H groups in total. The van der Waals surface area contributed by atoms with Crippen LogP contribution in [0.3, 0.4) is 0 Å². The molecule has 0 spiro atoms. The molecule has 2 saturated carbocycles. The Morgan fingerprint density at radius 3 is 2.37 bits per heavy atom. The summed E-state index contributed by atoms with van der Waals surface area (Å²) < 4.78 is 34.2. The van der Waals surface area contributed by atoms with Crippen LogP contribution >= 0.6 is 0 Å². The van der Waals surface area contributed by atoms with Crippen molar-refractivity contribution >= 4 is 17.6 Å². The Hall–Kier alpha value is -4.12. The van der Waals surface area contributed by atoms with Gasteiger partial charge in [-0.05, 0) is 91.2 Å². The number of carbonyl (C=O) groups is 2. The van der Waals surface area contributed by atoms with Crippen LogP contribution in [0.2, 0.25) is 0 Å². The lowest BCUT2D eigenvalue weighted by Crippen LogP contribution is -2.58. The minimum atomic E-state index is -2.90. The second-order valence-corrected chi connectivity index (χ2v) is 12.6. The molecule has 2 aromatic heterocycles. The Morgan fingerprint density at radius 1 is 1.04 bits per heavy atom. The summed E-state index contributed by atoms with van der Waals surface area (Å²) >= 11 is 0. The predicted molar refractivity (Wildman–Crippen MR) is 174 cm³/mol. The number of hydrogen-bond donors (Lipinski definition) is 2. The highest BCUT2D eigenvalue weighted by atomic mass is 19.3. The Morgan fingerprint density at radius 2 is 1.76 bits per heavy atom. The molecule has 1 aliphatic heterocycles. The highest BCUT2D eigenvalue weighted by molar-refractivity contribution is 6.05. The molecule has 3 fully saturated rings. The first-order valence-corrected chi connectivity index (χ1v) is 16.2. The van der Waals surface area contributed by atoms with Crippen molar-refractivity contribution in [2.75, 3.05) is 32.1 Å². The van der Waals surface area contributed by atoms with E-state index >= 15 is 0 Å². The number of pyridine rings is 2. The fourth-order valence-electron chi connectivity index (χ4n) is 5.50. The summed E-state index contributed by atoms with van der Waals surface area (Å²) in [5.41, 5.74) is 2.65. The van der Waals surface area contributed by atoms with E-state index in [0.717, 1.165) is 48.4 Å². The fourth-order valence-corrected chi connectivity index (χ4v) is 5.50. The maximum Gasteiger partial charge on any atom is 0.282 e. The van der Waals surface area contributed by atoms with Crippen molar-refractivity contribution in [1.29, 1.82) is 0 Å². The van der Waals surface area contributed by atoms with Gasteiger partial charge in [-0.3, -0.25) is 14.4 Å². The Balaban J connectivity index is 0.00000204. The summed E-state index contributed by atoms with van der Waals surface area (Å²) in [6.45, 7) is 8.28. The van der Waals surface area contributed by atoms with Crippen LogP contribution in [0.5, 0.6) is 5.75 Å². The molecule has 6 rings (SSSR count). The van der Waals surface area contributed by atoms with Crippen LogP contribution in [0.4, 0.5) is 14.6 Å². The number of carbonyl (C=O) groups excluding carboxylic acids is 2. The molecule has 0 bridgehead atoms. The van der Waals surface area contributed by atoms with Crippen molar-refractivity contribution in [3.8, 4) is 16.9 Å². The quantitative estimate of drug-likeness (QED) is 0.258. The molecule has 3 aliphatic rings. The molecule has 9 nitrogen and oxygen atoms in total. The number of halogens is 2. The molecule has 11 heteroatoms. The largest absolute Gasteiger partial charge is 0.497 e. The van der Waals surface area contributed by atoms with Gasteiger partial charge in [0.25, 0.3) is 23.3 Å². The van der Waals surface area contributed by atoms with Crippen LogP contribution in [0, 0.1) is 5.92 Å². The summed E-state index contributed by atoms with van der Waals surface area (Å²) in [6, 6.07) is 10.2. The molecule has 1 aromatic carbocycles. The van der Waals surface area contributed by atoms with Gasteiger partial charge in [-0.1, -0.05) is 27.7 Å². The molecule has 246 valence electrons. The van der Waals surface area contributed by atoms with Crippen molar-refractivity contribution in [2.45, 2.75) is 77.8 Å². The first-order chi connectivity index (χ1) is 22.0. The van der Waals surface area contributed by atoms with E-state index in [0.29, 0.717) is 29.3 Å². The maximum absolute atomic E-state index is 13.6. The van der Waals surface area contributed by atoms with Crippen molar-refractivity contribution in [1.82, 2.24) is 19.8 Å². The van der Waals surface area contributed by atoms with Gasteiger partial charge in [-0.25, -0.2) is 13.8 Å². The number of nitrogens with one attached hydrogen (secondary N) is 2. The minimum Gasteiger partial charge on any atom is -0.497 e. The van der Waals surface area contributed by atoms with Gasteiger partial charge in [0.1, 0.15) is 17.1 Å². The zero-order valence-corrected chi connectivity index (χ0v) is 27.2. The van der Waals surface area contributed by atoms with E-state index in [-0.39, 0.29) is 34.5 Å². The topological polar surface area (TPSA) is 106 Å². The first kappa shape index (κ1) is 33.2. The lowest BCUT2D eigenvalue weighted by Gasteiger charge is -2.39. The molecular weight excluding hydrogens is 592 g/mol. The van der Waals surface area contributed by atoms with Gasteiger partial charge in [-0.2, -0.15) is 0 Å². The molecule has 0 unspecified atom stereocenters. The highest BCUT2D eigenvalue weighted by Crippen LogP contribution is 2.42. The van der Waals surface area contributed by atoms with E-state index in [1.165, 1.54) is 7.11 Å². The van der Waals surface area contributed by atoms with Gasteiger partial charge in [0.15, 0.2) is 0 Å². The van der Waals surface area contributed by atoms with E-state index in [1.54, 1.807) is 34.9 Å². The third kappa shape index (κ3) is 7.63. The Kier molecular flexibility index (Phi) is 9.91. The van der Waals surface area contributed by atoms with E-state index in [1.807, 2.05) is 26.1 Å². The molecule has 3 aromatic rings. The minimum absolute atomic E-state index is 0.0416. The second kappa shape index (κ2) is 13.7. The first-order valence-electron chi connectivity index (χ1n) is 16.2. The number of alkyl halides is 2. The summed E-state index contributed by atoms with van der Waals surface area (Å²) in [5, 5.41) is 6.22. The number of rotatable bonds is 11. The summed E-state index contributed by atoms with van der Waals surface area (Å²) in [6.07, 6.45) is 5.52. The van der Waals surface area contributed by atoms with Crippen molar-refractivity contribution in [3.05, 3.63) is 75.3 Å². The molecule has 1 saturated heterocycles. The number of amides is 2. The third-order valence-electron chi connectivity index (χ3n) is 8.15. The molecule has 2 aliphatic carbocycles. The van der Waals surface area contributed by atoms with Gasteiger partial charge >= 0.3 is 0 Å². The normalized spacial score (nSPS) is 16.7. The number of benzene rings is 1. The zero-order valence-electron chi connectivity index (χ0n) is 27.2. The van der Waals surface area contributed by atoms with E-state index in [2.05, 4.69) is 24.5 Å². The van der Waals surface area contributed by atoms with Crippen LogP contribution in [-0.2, 0) is 6.54 Å². The summed E-state index contributed by atoms with van der Waals surface area (Å²) in [4.78, 5) is 46.1. The number of nitrogens with zero attached hydrogens (tertiary/aromatic N) is 3. The average Bonchev–Trinajstić information content (AvgIpc) is 3.94. The van der Waals surface area contributed by atoms with Gasteiger partial charge in [0.05, 0.1) is 25.8 Å². The lowest BCUT2D eigenvalue weighted by atomic mass is 9.96. The third-order valence-corrected chi connectivity index (χ3v) is 8.15. The monoisotopic (exact) mass is 635 g/mol. The average molecular weight is 636 g/mol. The van der Waals surface area contributed by atoms with Crippen LogP contribution in [-0.4, -0.2) is 58.9 Å². The van der Waals surface area contributed by atoms with Crippen LogP contribution in [0.15, 0.2) is 47.4 Å². The van der Waals surface area contributed by atoms with Gasteiger partial charge < -0.3 is 24.8 Å². The smallest absolute Gasteiger partial charge is 0.282 e. The lowest BCUT2D eigenvalue weighted by molar-refractivity contribution is -0.113. The SMILES string of the molecule is CC.COc1ccc(-c2cc(NC(=O)c3cc(CNCC(C)C)cn(C4CC4)c3=O)nc(C3CC3)c2)c(C(=O)N2CC(F)(F)C2)c1. The molecule has 2 amide bonds. The van der Waals surface area contributed by atoms with Gasteiger partial charge in [0.2, 0.25) is 0 Å². The van der Waals surface area contributed by atoms with Crippen LogP contribution < -0.4 is 20.9 Å². The van der Waals surface area contributed by atoms with Crippen molar-refractivity contribution < 1.29 is 23.1 Å². The zero-order chi connectivity index (χ0) is 33.2. The van der Waals surface area contributed by atoms with E-state index in [9.17, 15) is 23.2 Å². The van der Waals surface area contributed by atoms with E-state index < -0.39 is 30.8 Å². The fraction of sp³-hybridized carbons (Fsp3) is 0.486. The number of ether oxygens (including phenoxy) is 1. The molecule has 46 heavy (non-hydrogen) atoms. The Bertz CT molecular complexity index is 1660. The molecule has 0 atom stereocenters. The van der Waals surface area contributed by atoms with Crippen LogP contribution in [0.1, 0.15) is 97.3 Å². The number of hydrogen-bond acceptors (Lipinski definition) is 6. The summed E-state index contributed by atoms with van der Waals surface area (Å²) in [7, 11) is 1.47. The number of likely N-dealkylation sites (tertiary alicyclic amines) is 1. The maximum atomic E-state index is 13.6. The van der Waals surface area contributed by atoms with Gasteiger partial charge in [-0.15, -0.1) is 0 Å². The number of aromatic nitrogens is 2. The molecule has 3 heterocycles. The summed E-state index contributed by atoms with van der Waals surface area (Å²) in [5.74, 6) is -2.65. The number of methoxy groups -OCH3 is 1. The van der Waals surface area contributed by atoms with Crippen molar-refractivity contribution in [2.24, 2.45) is 5.92 Å². The number of anilines is 1. The standard InChI is InChI=1S/C33H37F2N5O4.C2H6/c1-19(2)14-36-15-20-10-27(32(43)40(16-20)23-6-7-23)30(41)38-29-12-22(11-28(37-29)21-4-5-21)25-9-8-24(44-3)13-26(25)31(42)39-17-33(34,35)18-39;1-2/h8-13,16,19,21,23,36H,4-7,14-15,17-18H2,1-3H3,(H,37,38,41);1-2H3. The highest BCUT2D eigenvalue weighted by Gasteiger charge is 2.46. The van der Waals surface area contributed by atoms with E-state index in [4.69, 9.17) is 9.72 Å².